The Bertz CT molecular complexity index is 1450. The van der Waals surface area contributed by atoms with Gasteiger partial charge < -0.3 is 15.0 Å². The first-order valence-corrected chi connectivity index (χ1v) is 12.9. The second kappa shape index (κ2) is 12.6. The van der Waals surface area contributed by atoms with E-state index in [1.807, 2.05) is 0 Å². The molecular weight excluding hydrogens is 572 g/mol. The number of hydrogen-bond donors (Lipinski definition) is 1. The molecule has 4 rings (SSSR count). The van der Waals surface area contributed by atoms with Gasteiger partial charge in [-0.1, -0.05) is 65.1 Å². The van der Waals surface area contributed by atoms with Gasteiger partial charge in [0.2, 0.25) is 0 Å². The number of alkyl halides is 3. The van der Waals surface area contributed by atoms with Gasteiger partial charge in [0, 0.05) is 28.2 Å². The SMILES string of the molecule is O=C(Nc1ccccc1C(F)(F)F)N(CCc1ccc(Cl)cc1Cl)Cc1cccc(Oc2ccc(Cl)cc2)c1. The van der Waals surface area contributed by atoms with Crippen LogP contribution in [0.5, 0.6) is 11.5 Å². The van der Waals surface area contributed by atoms with Crippen molar-refractivity contribution in [1.82, 2.24) is 4.90 Å². The molecule has 0 radical (unpaired) electrons. The Morgan fingerprint density at radius 2 is 1.54 bits per heavy atom. The van der Waals surface area contributed by atoms with Crippen molar-refractivity contribution < 1.29 is 22.7 Å². The van der Waals surface area contributed by atoms with Crippen LogP contribution in [0, 0.1) is 0 Å². The minimum absolute atomic E-state index is 0.100. The predicted molar refractivity (Wildman–Crippen MR) is 149 cm³/mol. The molecule has 0 aliphatic heterocycles. The van der Waals surface area contributed by atoms with Gasteiger partial charge in [0.1, 0.15) is 11.5 Å². The zero-order chi connectivity index (χ0) is 28.0. The van der Waals surface area contributed by atoms with Crippen molar-refractivity contribution in [1.29, 1.82) is 0 Å². The summed E-state index contributed by atoms with van der Waals surface area (Å²) >= 11 is 18.2. The van der Waals surface area contributed by atoms with Crippen molar-refractivity contribution in [2.75, 3.05) is 11.9 Å². The number of carbonyl (C=O) groups excluding carboxylic acids is 1. The van der Waals surface area contributed by atoms with Gasteiger partial charge in [-0.05, 0) is 78.2 Å². The molecule has 0 spiro atoms. The Hall–Kier alpha value is -3.39. The van der Waals surface area contributed by atoms with E-state index in [1.165, 1.54) is 23.1 Å². The molecule has 4 aromatic carbocycles. The van der Waals surface area contributed by atoms with Crippen LogP contribution in [0.25, 0.3) is 0 Å². The Morgan fingerprint density at radius 1 is 0.821 bits per heavy atom. The molecule has 0 bridgehead atoms. The Kier molecular flexibility index (Phi) is 9.28. The van der Waals surface area contributed by atoms with Gasteiger partial charge in [-0.2, -0.15) is 13.2 Å². The van der Waals surface area contributed by atoms with Gasteiger partial charge in [0.15, 0.2) is 0 Å². The molecule has 0 saturated carbocycles. The minimum atomic E-state index is -4.63. The number of nitrogens with one attached hydrogen (secondary N) is 1. The summed E-state index contributed by atoms with van der Waals surface area (Å²) in [5.74, 6) is 1.10. The molecule has 2 amide bonds. The third-order valence-electron chi connectivity index (χ3n) is 5.75. The lowest BCUT2D eigenvalue weighted by atomic mass is 10.1. The summed E-state index contributed by atoms with van der Waals surface area (Å²) in [6, 6.07) is 23.1. The van der Waals surface area contributed by atoms with Crippen LogP contribution in [0.4, 0.5) is 23.7 Å². The fourth-order valence-electron chi connectivity index (χ4n) is 3.83. The molecule has 39 heavy (non-hydrogen) atoms. The van der Waals surface area contributed by atoms with Gasteiger partial charge in [0.25, 0.3) is 0 Å². The first-order valence-electron chi connectivity index (χ1n) is 11.8. The number of anilines is 1. The van der Waals surface area contributed by atoms with E-state index < -0.39 is 17.8 Å². The molecule has 4 aromatic rings. The Morgan fingerprint density at radius 3 is 2.26 bits per heavy atom. The summed E-state index contributed by atoms with van der Waals surface area (Å²) < 4.78 is 46.5. The summed E-state index contributed by atoms with van der Waals surface area (Å²) in [5, 5.41) is 3.91. The number of benzene rings is 4. The lowest BCUT2D eigenvalue weighted by Crippen LogP contribution is -2.36. The summed E-state index contributed by atoms with van der Waals surface area (Å²) in [5.41, 5.74) is 0.194. The summed E-state index contributed by atoms with van der Waals surface area (Å²) in [6.07, 6.45) is -4.27. The maximum absolute atomic E-state index is 13.5. The molecule has 1 N–H and O–H groups in total. The van der Waals surface area contributed by atoms with Gasteiger partial charge in [0.05, 0.1) is 11.3 Å². The number of ether oxygens (including phenoxy) is 1. The summed E-state index contributed by atoms with van der Waals surface area (Å²) in [7, 11) is 0. The van der Waals surface area contributed by atoms with Gasteiger partial charge >= 0.3 is 12.2 Å². The fraction of sp³-hybridized carbons (Fsp3) is 0.138. The van der Waals surface area contributed by atoms with Crippen LogP contribution in [-0.2, 0) is 19.1 Å². The van der Waals surface area contributed by atoms with Crippen LogP contribution in [0.15, 0.2) is 91.0 Å². The van der Waals surface area contributed by atoms with Crippen LogP contribution >= 0.6 is 34.8 Å². The third-order valence-corrected chi connectivity index (χ3v) is 6.59. The molecule has 0 heterocycles. The van der Waals surface area contributed by atoms with Crippen LogP contribution in [0.3, 0.4) is 0 Å². The lowest BCUT2D eigenvalue weighted by molar-refractivity contribution is -0.136. The largest absolute Gasteiger partial charge is 0.457 e. The molecule has 0 atom stereocenters. The highest BCUT2D eigenvalue weighted by Crippen LogP contribution is 2.35. The van der Waals surface area contributed by atoms with Crippen molar-refractivity contribution in [2.45, 2.75) is 19.1 Å². The van der Waals surface area contributed by atoms with Gasteiger partial charge in [-0.15, -0.1) is 0 Å². The maximum Gasteiger partial charge on any atom is 0.418 e. The average Bonchev–Trinajstić information content (AvgIpc) is 2.88. The number of para-hydroxylation sites is 1. The smallest absolute Gasteiger partial charge is 0.418 e. The normalized spacial score (nSPS) is 11.2. The lowest BCUT2D eigenvalue weighted by Gasteiger charge is -2.25. The predicted octanol–water partition coefficient (Wildman–Crippen LogP) is 9.73. The van der Waals surface area contributed by atoms with E-state index in [-0.39, 0.29) is 18.8 Å². The minimum Gasteiger partial charge on any atom is -0.457 e. The molecule has 4 nitrogen and oxygen atoms in total. The van der Waals surface area contributed by atoms with E-state index in [2.05, 4.69) is 5.32 Å². The maximum atomic E-state index is 13.5. The number of rotatable bonds is 8. The van der Waals surface area contributed by atoms with Crippen LogP contribution < -0.4 is 10.1 Å². The first kappa shape index (κ1) is 28.6. The van der Waals surface area contributed by atoms with Crippen molar-refractivity contribution in [3.63, 3.8) is 0 Å². The van der Waals surface area contributed by atoms with Crippen molar-refractivity contribution >= 4 is 46.5 Å². The molecule has 0 aromatic heterocycles. The number of hydrogen-bond acceptors (Lipinski definition) is 2. The molecule has 0 aliphatic carbocycles. The molecule has 0 fully saturated rings. The topological polar surface area (TPSA) is 41.6 Å². The number of nitrogens with zero attached hydrogens (tertiary/aromatic N) is 1. The second-order valence-corrected chi connectivity index (χ2v) is 9.86. The molecule has 0 unspecified atom stereocenters. The van der Waals surface area contributed by atoms with Gasteiger partial charge in [-0.25, -0.2) is 4.79 Å². The molecule has 0 aliphatic rings. The zero-order valence-electron chi connectivity index (χ0n) is 20.3. The van der Waals surface area contributed by atoms with Crippen molar-refractivity contribution in [3.8, 4) is 11.5 Å². The number of amides is 2. The Balaban J connectivity index is 1.56. The van der Waals surface area contributed by atoms with E-state index in [0.29, 0.717) is 38.6 Å². The van der Waals surface area contributed by atoms with E-state index in [1.54, 1.807) is 66.7 Å². The fourth-order valence-corrected chi connectivity index (χ4v) is 4.46. The standard InChI is InChI=1S/C29H22Cl3F3N2O2/c30-21-10-12-23(13-11-21)39-24-5-3-4-19(16-24)18-37(15-14-20-8-9-22(31)17-26(20)32)28(38)36-27-7-2-1-6-25(27)29(33,34)35/h1-13,16-17H,14-15,18H2,(H,36,38). The van der Waals surface area contributed by atoms with Crippen LogP contribution in [0.2, 0.25) is 15.1 Å². The van der Waals surface area contributed by atoms with E-state index in [9.17, 15) is 18.0 Å². The van der Waals surface area contributed by atoms with Crippen LogP contribution in [0.1, 0.15) is 16.7 Å². The van der Waals surface area contributed by atoms with E-state index in [0.717, 1.165) is 11.6 Å². The first-order chi connectivity index (χ1) is 18.6. The molecular formula is C29H22Cl3F3N2O2. The van der Waals surface area contributed by atoms with E-state index >= 15 is 0 Å². The molecule has 0 saturated heterocycles. The summed E-state index contributed by atoms with van der Waals surface area (Å²) in [4.78, 5) is 14.7. The van der Waals surface area contributed by atoms with Crippen LogP contribution in [-0.4, -0.2) is 17.5 Å². The zero-order valence-corrected chi connectivity index (χ0v) is 22.6. The number of halogens is 6. The molecule has 10 heteroatoms. The Labute approximate surface area is 238 Å². The quantitative estimate of drug-likeness (QED) is 0.221. The van der Waals surface area contributed by atoms with Gasteiger partial charge in [-0.3, -0.25) is 0 Å². The highest BCUT2D eigenvalue weighted by Gasteiger charge is 2.34. The summed E-state index contributed by atoms with van der Waals surface area (Å²) in [6.45, 7) is 0.271. The number of urea groups is 1. The average molecular weight is 594 g/mol. The highest BCUT2D eigenvalue weighted by atomic mass is 35.5. The second-order valence-electron chi connectivity index (χ2n) is 8.58. The molecule has 202 valence electrons. The number of carbonyl (C=O) groups is 1. The van der Waals surface area contributed by atoms with Crippen molar-refractivity contribution in [3.05, 3.63) is 123 Å². The van der Waals surface area contributed by atoms with Crippen molar-refractivity contribution in [2.24, 2.45) is 0 Å². The third kappa shape index (κ3) is 8.05. The highest BCUT2D eigenvalue weighted by molar-refractivity contribution is 6.35. The van der Waals surface area contributed by atoms with E-state index in [4.69, 9.17) is 39.5 Å². The monoisotopic (exact) mass is 592 g/mol.